The van der Waals surface area contributed by atoms with Crippen molar-refractivity contribution in [3.63, 3.8) is 0 Å². The fourth-order valence-electron chi connectivity index (χ4n) is 4.24. The zero-order valence-electron chi connectivity index (χ0n) is 18.7. The molecule has 2 heterocycles. The molecule has 1 aliphatic heterocycles. The standard InChI is InChI=1S/C26H27N3O3S/c1-31-21-9-10-24-23(18-21)27-26(33-24)29(12-11-28-13-15-32-16-14-28)25(30)17-20-7-4-6-19-5-2-3-8-22(19)20/h2-10,18H,11-17H2,1H3. The lowest BCUT2D eigenvalue weighted by molar-refractivity contribution is -0.118. The van der Waals surface area contributed by atoms with Crippen molar-refractivity contribution in [3.8, 4) is 5.75 Å². The minimum atomic E-state index is 0.0608. The van der Waals surface area contributed by atoms with Crippen molar-refractivity contribution in [2.45, 2.75) is 6.42 Å². The highest BCUT2D eigenvalue weighted by molar-refractivity contribution is 7.22. The Labute approximate surface area is 197 Å². The van der Waals surface area contributed by atoms with Crippen molar-refractivity contribution >= 4 is 43.4 Å². The van der Waals surface area contributed by atoms with Gasteiger partial charge in [-0.25, -0.2) is 4.98 Å². The number of aromatic nitrogens is 1. The molecule has 0 N–H and O–H groups in total. The highest BCUT2D eigenvalue weighted by Gasteiger charge is 2.22. The van der Waals surface area contributed by atoms with E-state index in [0.29, 0.717) is 13.0 Å². The topological polar surface area (TPSA) is 54.9 Å². The van der Waals surface area contributed by atoms with Crippen molar-refractivity contribution < 1.29 is 14.3 Å². The van der Waals surface area contributed by atoms with Crippen LogP contribution >= 0.6 is 11.3 Å². The third-order valence-corrected chi connectivity index (χ3v) is 7.14. The molecule has 1 aromatic heterocycles. The number of ether oxygens (including phenoxy) is 2. The summed E-state index contributed by atoms with van der Waals surface area (Å²) in [6, 6.07) is 20.2. The number of amides is 1. The van der Waals surface area contributed by atoms with Crippen LogP contribution in [0.2, 0.25) is 0 Å². The van der Waals surface area contributed by atoms with Gasteiger partial charge in [-0.15, -0.1) is 0 Å². The van der Waals surface area contributed by atoms with Crippen LogP contribution in [0.15, 0.2) is 60.7 Å². The van der Waals surface area contributed by atoms with Gasteiger partial charge in [0.2, 0.25) is 5.91 Å². The zero-order chi connectivity index (χ0) is 22.6. The second-order valence-electron chi connectivity index (χ2n) is 8.14. The number of methoxy groups -OCH3 is 1. The van der Waals surface area contributed by atoms with E-state index in [9.17, 15) is 4.79 Å². The van der Waals surface area contributed by atoms with Crippen molar-refractivity contribution in [3.05, 3.63) is 66.2 Å². The Balaban J connectivity index is 1.44. The van der Waals surface area contributed by atoms with Gasteiger partial charge in [0.05, 0.1) is 37.0 Å². The predicted octanol–water partition coefficient (Wildman–Crippen LogP) is 4.37. The van der Waals surface area contributed by atoms with Gasteiger partial charge in [-0.3, -0.25) is 14.6 Å². The monoisotopic (exact) mass is 461 g/mol. The number of morpholine rings is 1. The molecule has 0 radical (unpaired) electrons. The van der Waals surface area contributed by atoms with Crippen LogP contribution in [-0.2, 0) is 16.0 Å². The van der Waals surface area contributed by atoms with E-state index in [1.54, 1.807) is 18.4 Å². The summed E-state index contributed by atoms with van der Waals surface area (Å²) in [5.74, 6) is 0.826. The highest BCUT2D eigenvalue weighted by atomic mass is 32.1. The highest BCUT2D eigenvalue weighted by Crippen LogP contribution is 2.32. The second-order valence-corrected chi connectivity index (χ2v) is 9.15. The molecule has 3 aromatic carbocycles. The van der Waals surface area contributed by atoms with Crippen molar-refractivity contribution in [1.29, 1.82) is 0 Å². The first kappa shape index (κ1) is 21.8. The van der Waals surface area contributed by atoms with Crippen molar-refractivity contribution in [2.24, 2.45) is 0 Å². The van der Waals surface area contributed by atoms with Crippen LogP contribution in [-0.4, -0.2) is 62.3 Å². The number of hydrogen-bond acceptors (Lipinski definition) is 6. The predicted molar refractivity (Wildman–Crippen MR) is 133 cm³/mol. The molecular weight excluding hydrogens is 434 g/mol. The summed E-state index contributed by atoms with van der Waals surface area (Å²) >= 11 is 1.55. The molecule has 0 aliphatic carbocycles. The minimum Gasteiger partial charge on any atom is -0.497 e. The molecule has 1 aliphatic rings. The number of rotatable bonds is 7. The van der Waals surface area contributed by atoms with E-state index in [2.05, 4.69) is 23.1 Å². The molecule has 33 heavy (non-hydrogen) atoms. The molecule has 0 saturated carbocycles. The molecule has 6 nitrogen and oxygen atoms in total. The maximum Gasteiger partial charge on any atom is 0.233 e. The Hall–Kier alpha value is -3.00. The molecule has 0 atom stereocenters. The summed E-state index contributed by atoms with van der Waals surface area (Å²) in [5, 5.41) is 3.00. The number of carbonyl (C=O) groups excluding carboxylic acids is 1. The number of anilines is 1. The Morgan fingerprint density at radius 3 is 2.79 bits per heavy atom. The van der Waals surface area contributed by atoms with E-state index in [1.807, 2.05) is 47.4 Å². The van der Waals surface area contributed by atoms with Crippen molar-refractivity contribution in [1.82, 2.24) is 9.88 Å². The molecule has 4 aromatic rings. The van der Waals surface area contributed by atoms with Gasteiger partial charge in [0.1, 0.15) is 5.75 Å². The second kappa shape index (κ2) is 9.87. The van der Waals surface area contributed by atoms with Gasteiger partial charge in [0.15, 0.2) is 5.13 Å². The molecule has 0 spiro atoms. The Bertz CT molecular complexity index is 1260. The molecule has 170 valence electrons. The van der Waals surface area contributed by atoms with Crippen LogP contribution in [0.3, 0.4) is 0 Å². The number of hydrogen-bond donors (Lipinski definition) is 0. The number of thiazole rings is 1. The number of carbonyl (C=O) groups is 1. The summed E-state index contributed by atoms with van der Waals surface area (Å²) in [7, 11) is 1.65. The average molecular weight is 462 g/mol. The number of nitrogens with zero attached hydrogens (tertiary/aromatic N) is 3. The van der Waals surface area contributed by atoms with Gasteiger partial charge >= 0.3 is 0 Å². The minimum absolute atomic E-state index is 0.0608. The first-order valence-electron chi connectivity index (χ1n) is 11.2. The lowest BCUT2D eigenvalue weighted by atomic mass is 10.0. The van der Waals surface area contributed by atoms with Gasteiger partial charge in [-0.05, 0) is 28.5 Å². The lowest BCUT2D eigenvalue weighted by Gasteiger charge is -2.29. The average Bonchev–Trinajstić information content (AvgIpc) is 3.28. The third-order valence-electron chi connectivity index (χ3n) is 6.08. The van der Waals surface area contributed by atoms with Crippen molar-refractivity contribution in [2.75, 3.05) is 51.4 Å². The maximum atomic E-state index is 13.7. The quantitative estimate of drug-likeness (QED) is 0.409. The van der Waals surface area contributed by atoms with Gasteiger partial charge < -0.3 is 9.47 Å². The fourth-order valence-corrected chi connectivity index (χ4v) is 5.22. The van der Waals surface area contributed by atoms with Crippen LogP contribution in [0.1, 0.15) is 5.56 Å². The molecule has 1 fully saturated rings. The summed E-state index contributed by atoms with van der Waals surface area (Å²) in [5.41, 5.74) is 1.89. The molecular formula is C26H27N3O3S. The molecule has 1 saturated heterocycles. The van der Waals surface area contributed by atoms with Crippen LogP contribution in [0.4, 0.5) is 5.13 Å². The van der Waals surface area contributed by atoms with Crippen LogP contribution < -0.4 is 9.64 Å². The van der Waals surface area contributed by atoms with E-state index in [1.165, 1.54) is 0 Å². The maximum absolute atomic E-state index is 13.7. The first-order chi connectivity index (χ1) is 16.2. The van der Waals surface area contributed by atoms with Gasteiger partial charge in [-0.2, -0.15) is 0 Å². The third kappa shape index (κ3) is 4.85. The number of benzene rings is 3. The molecule has 5 rings (SSSR count). The molecule has 0 bridgehead atoms. The van der Waals surface area contributed by atoms with E-state index < -0.39 is 0 Å². The summed E-state index contributed by atoms with van der Waals surface area (Å²) in [6.07, 6.45) is 0.337. The summed E-state index contributed by atoms with van der Waals surface area (Å²) in [4.78, 5) is 22.7. The smallest absolute Gasteiger partial charge is 0.233 e. The Morgan fingerprint density at radius 1 is 1.12 bits per heavy atom. The molecule has 0 unspecified atom stereocenters. The van der Waals surface area contributed by atoms with E-state index >= 15 is 0 Å². The summed E-state index contributed by atoms with van der Waals surface area (Å²) < 4.78 is 11.9. The van der Waals surface area contributed by atoms with Crippen LogP contribution in [0.25, 0.3) is 21.0 Å². The Morgan fingerprint density at radius 2 is 1.94 bits per heavy atom. The lowest BCUT2D eigenvalue weighted by Crippen LogP contribution is -2.43. The van der Waals surface area contributed by atoms with Crippen LogP contribution in [0, 0.1) is 0 Å². The van der Waals surface area contributed by atoms with E-state index in [-0.39, 0.29) is 5.91 Å². The van der Waals surface area contributed by atoms with Gasteiger partial charge in [0.25, 0.3) is 0 Å². The largest absolute Gasteiger partial charge is 0.497 e. The van der Waals surface area contributed by atoms with Gasteiger partial charge in [0, 0.05) is 32.2 Å². The van der Waals surface area contributed by atoms with E-state index in [0.717, 1.165) is 70.3 Å². The molecule has 1 amide bonds. The fraction of sp³-hybridized carbons (Fsp3) is 0.308. The zero-order valence-corrected chi connectivity index (χ0v) is 19.5. The van der Waals surface area contributed by atoms with Gasteiger partial charge in [-0.1, -0.05) is 53.8 Å². The van der Waals surface area contributed by atoms with Crippen LogP contribution in [0.5, 0.6) is 5.75 Å². The van der Waals surface area contributed by atoms with E-state index in [4.69, 9.17) is 14.5 Å². The first-order valence-corrected chi connectivity index (χ1v) is 12.0. The summed E-state index contributed by atoms with van der Waals surface area (Å²) in [6.45, 7) is 4.66. The number of fused-ring (bicyclic) bond motifs is 2. The normalized spacial score (nSPS) is 14.6. The Kier molecular flexibility index (Phi) is 6.53. The molecule has 7 heteroatoms. The SMILES string of the molecule is COc1ccc2sc(N(CCN3CCOCC3)C(=O)Cc3cccc4ccccc34)nc2c1.